The molecule has 1 saturated heterocycles. The van der Waals surface area contributed by atoms with E-state index in [2.05, 4.69) is 0 Å². The highest BCUT2D eigenvalue weighted by Crippen LogP contribution is 2.31. The first-order valence-corrected chi connectivity index (χ1v) is 8.10. The molecule has 0 aromatic heterocycles. The van der Waals surface area contributed by atoms with E-state index in [0.717, 1.165) is 9.87 Å². The highest BCUT2D eigenvalue weighted by molar-refractivity contribution is 7.92. The lowest BCUT2D eigenvalue weighted by atomic mass is 10.1. The van der Waals surface area contributed by atoms with E-state index < -0.39 is 22.1 Å². The van der Waals surface area contributed by atoms with Crippen molar-refractivity contribution in [1.29, 1.82) is 0 Å². The predicted octanol–water partition coefficient (Wildman–Crippen LogP) is 0.371. The van der Waals surface area contributed by atoms with E-state index >= 15 is 0 Å². The normalized spacial score (nSPS) is 16.5. The molecule has 1 amide bonds. The number of phenolic OH excluding ortho intramolecular Hbond substituents is 1. The third-order valence-corrected chi connectivity index (χ3v) is 4.63. The molecule has 3 N–H and O–H groups in total. The fourth-order valence-electron chi connectivity index (χ4n) is 2.20. The Hall–Kier alpha value is -2.29. The molecular weight excluding hydrogens is 312 g/mol. The van der Waals surface area contributed by atoms with Gasteiger partial charge in [-0.15, -0.1) is 0 Å². The Bertz CT molecular complexity index is 700. The Morgan fingerprint density at radius 1 is 1.32 bits per heavy atom. The second-order valence-electron chi connectivity index (χ2n) is 4.96. The molecule has 1 aliphatic rings. The standard InChI is InChI=1S/C13H16N2O6S/c16-11-7-9(3-1-2-4-13(18)19)5-6-10(11)15-8-12(17)14-22(15,20)21/h5-7,16H,1-4,8H2,(H,14,17)(H,18,19). The first-order valence-electron chi connectivity index (χ1n) is 6.66. The van der Waals surface area contributed by atoms with Gasteiger partial charge < -0.3 is 10.2 Å². The maximum Gasteiger partial charge on any atom is 0.326 e. The highest BCUT2D eigenvalue weighted by Gasteiger charge is 2.35. The lowest BCUT2D eigenvalue weighted by Gasteiger charge is -2.16. The molecule has 22 heavy (non-hydrogen) atoms. The summed E-state index contributed by atoms with van der Waals surface area (Å²) in [6, 6.07) is 4.50. The molecule has 1 aliphatic heterocycles. The summed E-state index contributed by atoms with van der Waals surface area (Å²) in [5.41, 5.74) is 0.801. The highest BCUT2D eigenvalue weighted by atomic mass is 32.2. The minimum atomic E-state index is -3.95. The molecule has 1 aromatic rings. The van der Waals surface area contributed by atoms with Crippen LogP contribution in [0.4, 0.5) is 5.69 Å². The van der Waals surface area contributed by atoms with Crippen molar-refractivity contribution in [2.75, 3.05) is 10.8 Å². The van der Waals surface area contributed by atoms with Crippen molar-refractivity contribution in [1.82, 2.24) is 4.72 Å². The maximum absolute atomic E-state index is 11.7. The summed E-state index contributed by atoms with van der Waals surface area (Å²) in [4.78, 5) is 21.6. The lowest BCUT2D eigenvalue weighted by molar-refractivity contribution is -0.137. The smallest absolute Gasteiger partial charge is 0.326 e. The van der Waals surface area contributed by atoms with Crippen LogP contribution < -0.4 is 9.03 Å². The van der Waals surface area contributed by atoms with Crippen LogP contribution in [-0.4, -0.2) is 37.1 Å². The van der Waals surface area contributed by atoms with Crippen LogP contribution in [0.5, 0.6) is 5.75 Å². The first kappa shape index (κ1) is 16.1. The number of nitrogens with one attached hydrogen (secondary N) is 1. The van der Waals surface area contributed by atoms with Crippen molar-refractivity contribution in [3.63, 3.8) is 0 Å². The number of amides is 1. The van der Waals surface area contributed by atoms with E-state index in [0.29, 0.717) is 19.3 Å². The number of hydrogen-bond donors (Lipinski definition) is 3. The van der Waals surface area contributed by atoms with Crippen molar-refractivity contribution in [2.24, 2.45) is 0 Å². The van der Waals surface area contributed by atoms with Crippen molar-refractivity contribution in [2.45, 2.75) is 25.7 Å². The Kier molecular flexibility index (Phi) is 4.55. The van der Waals surface area contributed by atoms with Gasteiger partial charge in [-0.1, -0.05) is 6.07 Å². The van der Waals surface area contributed by atoms with Gasteiger partial charge in [-0.25, -0.2) is 9.03 Å². The monoisotopic (exact) mass is 328 g/mol. The molecule has 0 saturated carbocycles. The van der Waals surface area contributed by atoms with Gasteiger partial charge in [0.1, 0.15) is 12.3 Å². The molecule has 9 heteroatoms. The largest absolute Gasteiger partial charge is 0.506 e. The third-order valence-electron chi connectivity index (χ3n) is 3.23. The number of aliphatic carboxylic acids is 1. The van der Waals surface area contributed by atoms with Crippen LogP contribution in [0.3, 0.4) is 0 Å². The zero-order valence-corrected chi connectivity index (χ0v) is 12.5. The van der Waals surface area contributed by atoms with Crippen LogP contribution in [0.25, 0.3) is 0 Å². The van der Waals surface area contributed by atoms with Crippen LogP contribution in [0.1, 0.15) is 24.8 Å². The zero-order valence-electron chi connectivity index (χ0n) is 11.7. The molecule has 8 nitrogen and oxygen atoms in total. The Morgan fingerprint density at radius 2 is 2.05 bits per heavy atom. The van der Waals surface area contributed by atoms with Crippen LogP contribution in [0.2, 0.25) is 0 Å². The molecule has 0 atom stereocenters. The number of rotatable bonds is 6. The summed E-state index contributed by atoms with van der Waals surface area (Å²) in [6.07, 6.45) is 1.83. The number of carbonyl (C=O) groups is 2. The molecule has 0 bridgehead atoms. The number of aromatic hydroxyl groups is 1. The number of carboxylic acid groups (broad SMARTS) is 1. The number of aryl methyl sites for hydroxylation is 1. The summed E-state index contributed by atoms with van der Waals surface area (Å²) >= 11 is 0. The van der Waals surface area contributed by atoms with E-state index in [4.69, 9.17) is 5.11 Å². The van der Waals surface area contributed by atoms with Crippen LogP contribution in [-0.2, 0) is 26.2 Å². The average Bonchev–Trinajstić information content (AvgIpc) is 2.67. The van der Waals surface area contributed by atoms with Gasteiger partial charge in [0.2, 0.25) is 0 Å². The fraction of sp³-hybridized carbons (Fsp3) is 0.385. The number of phenols is 1. The number of hydrogen-bond acceptors (Lipinski definition) is 5. The van der Waals surface area contributed by atoms with E-state index in [-0.39, 0.29) is 24.4 Å². The van der Waals surface area contributed by atoms with Gasteiger partial charge in [0.25, 0.3) is 5.91 Å². The Balaban J connectivity index is 2.07. The van der Waals surface area contributed by atoms with Crippen LogP contribution >= 0.6 is 0 Å². The third kappa shape index (κ3) is 3.67. The Morgan fingerprint density at radius 3 is 2.59 bits per heavy atom. The summed E-state index contributed by atoms with van der Waals surface area (Å²) in [5.74, 6) is -1.75. The molecular formula is C13H16N2O6S. The van der Waals surface area contributed by atoms with Gasteiger partial charge in [-0.2, -0.15) is 8.42 Å². The van der Waals surface area contributed by atoms with Gasteiger partial charge >= 0.3 is 16.2 Å². The van der Waals surface area contributed by atoms with Crippen LogP contribution in [0, 0.1) is 0 Å². The minimum Gasteiger partial charge on any atom is -0.506 e. The number of unbranched alkanes of at least 4 members (excludes halogenated alkanes) is 1. The zero-order chi connectivity index (χ0) is 16.3. The summed E-state index contributed by atoms with van der Waals surface area (Å²) in [6.45, 7) is -0.367. The molecule has 1 heterocycles. The summed E-state index contributed by atoms with van der Waals surface area (Å²) in [7, 11) is -3.95. The van der Waals surface area contributed by atoms with Gasteiger partial charge in [0, 0.05) is 6.42 Å². The van der Waals surface area contributed by atoms with Gasteiger partial charge in [0.05, 0.1) is 5.69 Å². The summed E-state index contributed by atoms with van der Waals surface area (Å²) in [5, 5.41) is 18.5. The van der Waals surface area contributed by atoms with Gasteiger partial charge in [0.15, 0.2) is 0 Å². The molecule has 0 unspecified atom stereocenters. The van der Waals surface area contributed by atoms with Crippen molar-refractivity contribution in [3.8, 4) is 5.75 Å². The fourth-order valence-corrected chi connectivity index (χ4v) is 3.37. The van der Waals surface area contributed by atoms with E-state index in [9.17, 15) is 23.1 Å². The molecule has 120 valence electrons. The predicted molar refractivity (Wildman–Crippen MR) is 77.7 cm³/mol. The maximum atomic E-state index is 11.7. The van der Waals surface area contributed by atoms with E-state index in [1.54, 1.807) is 6.07 Å². The molecule has 1 aromatic carbocycles. The second kappa shape index (κ2) is 6.22. The topological polar surface area (TPSA) is 124 Å². The second-order valence-corrected chi connectivity index (χ2v) is 6.56. The molecule has 1 fully saturated rings. The molecule has 0 spiro atoms. The van der Waals surface area contributed by atoms with Gasteiger partial charge in [-0.05, 0) is 37.0 Å². The summed E-state index contributed by atoms with van der Waals surface area (Å²) < 4.78 is 26.1. The van der Waals surface area contributed by atoms with E-state index in [1.807, 2.05) is 4.72 Å². The van der Waals surface area contributed by atoms with Crippen molar-refractivity contribution < 1.29 is 28.2 Å². The quantitative estimate of drug-likeness (QED) is 0.648. The molecule has 2 rings (SSSR count). The first-order chi connectivity index (χ1) is 10.3. The Labute approximate surface area is 127 Å². The number of carboxylic acids is 1. The molecule has 0 aliphatic carbocycles. The molecule has 0 radical (unpaired) electrons. The SMILES string of the molecule is O=C(O)CCCCc1ccc(N2CC(=O)NS2(=O)=O)c(O)c1. The lowest BCUT2D eigenvalue weighted by Crippen LogP contribution is -2.29. The van der Waals surface area contributed by atoms with E-state index in [1.165, 1.54) is 12.1 Å². The van der Waals surface area contributed by atoms with Crippen LogP contribution in [0.15, 0.2) is 18.2 Å². The number of benzene rings is 1. The average molecular weight is 328 g/mol. The van der Waals surface area contributed by atoms with Gasteiger partial charge in [-0.3, -0.25) is 9.59 Å². The number of nitrogens with zero attached hydrogens (tertiary/aromatic N) is 1. The van der Waals surface area contributed by atoms with Crippen molar-refractivity contribution >= 4 is 27.8 Å². The number of anilines is 1. The van der Waals surface area contributed by atoms with Crippen molar-refractivity contribution in [3.05, 3.63) is 23.8 Å². The minimum absolute atomic E-state index is 0.0348. The number of carbonyl (C=O) groups excluding carboxylic acids is 1.